The van der Waals surface area contributed by atoms with Crippen LogP contribution in [-0.2, 0) is 4.74 Å². The molecule has 0 unspecified atom stereocenters. The van der Waals surface area contributed by atoms with Gasteiger partial charge in [-0.2, -0.15) is 0 Å². The molecule has 1 aromatic carbocycles. The third-order valence-corrected chi connectivity index (χ3v) is 4.74. The van der Waals surface area contributed by atoms with Gasteiger partial charge in [-0.15, -0.1) is 0 Å². The van der Waals surface area contributed by atoms with E-state index >= 15 is 0 Å². The number of hydrogen-bond donors (Lipinski definition) is 0. The minimum Gasteiger partial charge on any atom is -0.486 e. The van der Waals surface area contributed by atoms with Crippen LogP contribution < -0.4 is 9.47 Å². The van der Waals surface area contributed by atoms with Crippen molar-refractivity contribution in [1.82, 2.24) is 9.47 Å². The number of aromatic nitrogens is 1. The fourth-order valence-electron chi connectivity index (χ4n) is 3.48. The molecule has 25 heavy (non-hydrogen) atoms. The molecule has 132 valence electrons. The Morgan fingerprint density at radius 2 is 1.68 bits per heavy atom. The Morgan fingerprint density at radius 3 is 2.44 bits per heavy atom. The van der Waals surface area contributed by atoms with Gasteiger partial charge in [0.2, 0.25) is 0 Å². The Morgan fingerprint density at radius 1 is 0.960 bits per heavy atom. The van der Waals surface area contributed by atoms with Crippen LogP contribution in [0.2, 0.25) is 0 Å². The topological polar surface area (TPSA) is 52.9 Å². The summed E-state index contributed by atoms with van der Waals surface area (Å²) in [4.78, 5) is 14.7. The number of fused-ring (bicyclic) bond motifs is 1. The van der Waals surface area contributed by atoms with Crippen molar-refractivity contribution in [2.75, 3.05) is 39.5 Å². The Balaban J connectivity index is 1.69. The molecule has 0 radical (unpaired) electrons. The number of nitrogens with zero attached hydrogens (tertiary/aromatic N) is 2. The molecule has 6 heteroatoms. The summed E-state index contributed by atoms with van der Waals surface area (Å²) in [7, 11) is 0. The largest absolute Gasteiger partial charge is 0.486 e. The minimum absolute atomic E-state index is 0.0696. The van der Waals surface area contributed by atoms with E-state index in [0.29, 0.717) is 39.5 Å². The third kappa shape index (κ3) is 2.87. The van der Waals surface area contributed by atoms with Crippen LogP contribution >= 0.6 is 0 Å². The summed E-state index contributed by atoms with van der Waals surface area (Å²) < 4.78 is 18.7. The zero-order valence-corrected chi connectivity index (χ0v) is 14.6. The van der Waals surface area contributed by atoms with E-state index in [1.54, 1.807) is 0 Å². The number of benzene rings is 1. The quantitative estimate of drug-likeness (QED) is 0.841. The Kier molecular flexibility index (Phi) is 4.13. The van der Waals surface area contributed by atoms with Gasteiger partial charge in [0, 0.05) is 36.2 Å². The zero-order valence-electron chi connectivity index (χ0n) is 14.6. The summed E-state index contributed by atoms with van der Waals surface area (Å²) in [6.07, 6.45) is 0. The van der Waals surface area contributed by atoms with E-state index in [0.717, 1.165) is 34.1 Å². The molecule has 0 N–H and O–H groups in total. The first-order chi connectivity index (χ1) is 12.1. The second-order valence-corrected chi connectivity index (χ2v) is 6.35. The molecule has 0 atom stereocenters. The number of carbonyl (C=O) groups is 1. The van der Waals surface area contributed by atoms with Gasteiger partial charge in [-0.25, -0.2) is 0 Å². The molecular formula is C19H22N2O4. The second-order valence-electron chi connectivity index (χ2n) is 6.35. The SMILES string of the molecule is Cc1cc(C(=O)N2CCOCC2)c(C)n1-c1ccc2c(c1)OCCO2. The fourth-order valence-corrected chi connectivity index (χ4v) is 3.48. The van der Waals surface area contributed by atoms with Crippen LogP contribution in [0.4, 0.5) is 0 Å². The molecular weight excluding hydrogens is 320 g/mol. The van der Waals surface area contributed by atoms with E-state index in [4.69, 9.17) is 14.2 Å². The van der Waals surface area contributed by atoms with E-state index in [1.807, 2.05) is 43.0 Å². The molecule has 2 aromatic rings. The van der Waals surface area contributed by atoms with Gasteiger partial charge in [0.15, 0.2) is 11.5 Å². The molecule has 1 saturated heterocycles. The summed E-state index contributed by atoms with van der Waals surface area (Å²) in [5, 5.41) is 0. The van der Waals surface area contributed by atoms with E-state index in [2.05, 4.69) is 4.57 Å². The first kappa shape index (κ1) is 16.0. The minimum atomic E-state index is 0.0696. The predicted molar refractivity (Wildman–Crippen MR) is 93.0 cm³/mol. The number of rotatable bonds is 2. The monoisotopic (exact) mass is 342 g/mol. The number of hydrogen-bond acceptors (Lipinski definition) is 4. The predicted octanol–water partition coefficient (Wildman–Crippen LogP) is 2.34. The lowest BCUT2D eigenvalue weighted by atomic mass is 10.2. The van der Waals surface area contributed by atoms with E-state index in [9.17, 15) is 4.79 Å². The van der Waals surface area contributed by atoms with Gasteiger partial charge in [-0.3, -0.25) is 4.79 Å². The van der Waals surface area contributed by atoms with Crippen LogP contribution in [0.15, 0.2) is 24.3 Å². The summed E-state index contributed by atoms with van der Waals surface area (Å²) in [5.41, 5.74) is 3.67. The van der Waals surface area contributed by atoms with E-state index in [1.165, 1.54) is 0 Å². The molecule has 1 amide bonds. The van der Waals surface area contributed by atoms with Gasteiger partial charge < -0.3 is 23.7 Å². The molecule has 1 aromatic heterocycles. The van der Waals surface area contributed by atoms with Crippen molar-refractivity contribution < 1.29 is 19.0 Å². The molecule has 0 aliphatic carbocycles. The van der Waals surface area contributed by atoms with Gasteiger partial charge in [0.25, 0.3) is 5.91 Å². The lowest BCUT2D eigenvalue weighted by Gasteiger charge is -2.26. The van der Waals surface area contributed by atoms with E-state index < -0.39 is 0 Å². The van der Waals surface area contributed by atoms with Crippen LogP contribution in [-0.4, -0.2) is 54.9 Å². The van der Waals surface area contributed by atoms with Gasteiger partial charge in [0.1, 0.15) is 13.2 Å². The molecule has 4 rings (SSSR count). The molecule has 6 nitrogen and oxygen atoms in total. The van der Waals surface area contributed by atoms with Crippen molar-refractivity contribution in [3.05, 3.63) is 41.2 Å². The Bertz CT molecular complexity index is 806. The number of ether oxygens (including phenoxy) is 3. The highest BCUT2D eigenvalue weighted by molar-refractivity contribution is 5.96. The van der Waals surface area contributed by atoms with Crippen LogP contribution in [0.5, 0.6) is 11.5 Å². The van der Waals surface area contributed by atoms with Crippen molar-refractivity contribution in [3.63, 3.8) is 0 Å². The van der Waals surface area contributed by atoms with Crippen molar-refractivity contribution in [2.45, 2.75) is 13.8 Å². The normalized spacial score (nSPS) is 16.8. The maximum atomic E-state index is 12.9. The van der Waals surface area contributed by atoms with Crippen LogP contribution in [0.1, 0.15) is 21.7 Å². The Labute approximate surface area is 146 Å². The van der Waals surface area contributed by atoms with Crippen LogP contribution in [0.25, 0.3) is 5.69 Å². The standard InChI is InChI=1S/C19H22N2O4/c1-13-11-16(19(22)20-5-7-23-8-6-20)14(2)21(13)15-3-4-17-18(12-15)25-10-9-24-17/h3-4,11-12H,5-10H2,1-2H3. The van der Waals surface area contributed by atoms with Crippen LogP contribution in [0, 0.1) is 13.8 Å². The van der Waals surface area contributed by atoms with Gasteiger partial charge in [-0.05, 0) is 32.0 Å². The van der Waals surface area contributed by atoms with Crippen molar-refractivity contribution in [3.8, 4) is 17.2 Å². The van der Waals surface area contributed by atoms with Crippen molar-refractivity contribution in [2.24, 2.45) is 0 Å². The summed E-state index contributed by atoms with van der Waals surface area (Å²) in [6, 6.07) is 7.85. The molecule has 1 fully saturated rings. The number of morpholine rings is 1. The summed E-state index contributed by atoms with van der Waals surface area (Å²) >= 11 is 0. The highest BCUT2D eigenvalue weighted by atomic mass is 16.6. The number of aryl methyl sites for hydroxylation is 1. The van der Waals surface area contributed by atoms with Crippen molar-refractivity contribution >= 4 is 5.91 Å². The smallest absolute Gasteiger partial charge is 0.255 e. The number of amides is 1. The third-order valence-electron chi connectivity index (χ3n) is 4.74. The molecule has 3 heterocycles. The summed E-state index contributed by atoms with van der Waals surface area (Å²) in [5.74, 6) is 1.58. The highest BCUT2D eigenvalue weighted by Crippen LogP contribution is 2.33. The molecule has 0 spiro atoms. The van der Waals surface area contributed by atoms with Gasteiger partial charge >= 0.3 is 0 Å². The molecule has 2 aliphatic rings. The molecule has 2 aliphatic heterocycles. The van der Waals surface area contributed by atoms with Crippen molar-refractivity contribution in [1.29, 1.82) is 0 Å². The van der Waals surface area contributed by atoms with Gasteiger partial charge in [0.05, 0.1) is 18.8 Å². The Hall–Kier alpha value is -2.47. The van der Waals surface area contributed by atoms with Crippen LogP contribution in [0.3, 0.4) is 0 Å². The fraction of sp³-hybridized carbons (Fsp3) is 0.421. The average molecular weight is 342 g/mol. The first-order valence-corrected chi connectivity index (χ1v) is 8.61. The zero-order chi connectivity index (χ0) is 17.4. The number of carbonyl (C=O) groups excluding carboxylic acids is 1. The molecule has 0 saturated carbocycles. The van der Waals surface area contributed by atoms with E-state index in [-0.39, 0.29) is 5.91 Å². The molecule has 0 bridgehead atoms. The lowest BCUT2D eigenvalue weighted by molar-refractivity contribution is 0.0302. The maximum Gasteiger partial charge on any atom is 0.255 e. The second kappa shape index (κ2) is 6.44. The van der Waals surface area contributed by atoms with Gasteiger partial charge in [-0.1, -0.05) is 0 Å². The highest BCUT2D eigenvalue weighted by Gasteiger charge is 2.24. The lowest BCUT2D eigenvalue weighted by Crippen LogP contribution is -2.40. The first-order valence-electron chi connectivity index (χ1n) is 8.61. The summed E-state index contributed by atoms with van der Waals surface area (Å²) in [6.45, 7) is 7.63. The maximum absolute atomic E-state index is 12.9. The average Bonchev–Trinajstić information content (AvgIpc) is 2.95.